The van der Waals surface area contributed by atoms with Crippen molar-refractivity contribution in [2.24, 2.45) is 0 Å². The van der Waals surface area contributed by atoms with E-state index in [-0.39, 0.29) is 5.91 Å². The van der Waals surface area contributed by atoms with E-state index in [1.54, 1.807) is 7.11 Å². The van der Waals surface area contributed by atoms with Crippen molar-refractivity contribution < 1.29 is 9.53 Å². The van der Waals surface area contributed by atoms with Gasteiger partial charge < -0.3 is 15.0 Å². The largest absolute Gasteiger partial charge is 0.383 e. The predicted octanol–water partition coefficient (Wildman–Crippen LogP) is 0.945. The molecule has 0 saturated carbocycles. The number of nitrogens with one attached hydrogen (secondary N) is 1. The summed E-state index contributed by atoms with van der Waals surface area (Å²) in [6.45, 7) is 9.88. The fraction of sp³-hybridized carbons (Fsp3) is 0.933. The highest BCUT2D eigenvalue weighted by Gasteiger charge is 2.25. The van der Waals surface area contributed by atoms with Gasteiger partial charge >= 0.3 is 0 Å². The first-order valence-corrected chi connectivity index (χ1v) is 7.94. The number of likely N-dealkylation sites (tertiary alicyclic amines) is 1. The van der Waals surface area contributed by atoms with Crippen molar-refractivity contribution in [3.8, 4) is 0 Å². The Morgan fingerprint density at radius 3 is 2.75 bits per heavy atom. The van der Waals surface area contributed by atoms with Gasteiger partial charge in [0.25, 0.3) is 0 Å². The fourth-order valence-corrected chi connectivity index (χ4v) is 2.79. The van der Waals surface area contributed by atoms with Crippen LogP contribution in [-0.4, -0.2) is 74.7 Å². The van der Waals surface area contributed by atoms with Gasteiger partial charge in [0.05, 0.1) is 13.2 Å². The maximum absolute atomic E-state index is 12.2. The van der Waals surface area contributed by atoms with E-state index in [9.17, 15) is 4.79 Å². The molecule has 118 valence electrons. The van der Waals surface area contributed by atoms with Crippen molar-refractivity contribution in [2.45, 2.75) is 39.2 Å². The molecule has 1 rings (SSSR count). The summed E-state index contributed by atoms with van der Waals surface area (Å²) in [6.07, 6.45) is 3.66. The smallest absolute Gasteiger partial charge is 0.236 e. The highest BCUT2D eigenvalue weighted by Crippen LogP contribution is 2.16. The van der Waals surface area contributed by atoms with Crippen molar-refractivity contribution in [1.29, 1.82) is 0 Å². The highest BCUT2D eigenvalue weighted by molar-refractivity contribution is 5.78. The average molecular weight is 285 g/mol. The molecule has 20 heavy (non-hydrogen) atoms. The number of carbonyl (C=O) groups is 1. The number of methoxy groups -OCH3 is 1. The molecule has 1 N–H and O–H groups in total. The van der Waals surface area contributed by atoms with Crippen LogP contribution in [0.15, 0.2) is 0 Å². The maximum atomic E-state index is 12.2. The summed E-state index contributed by atoms with van der Waals surface area (Å²) in [5, 5.41) is 3.42. The van der Waals surface area contributed by atoms with E-state index in [2.05, 4.69) is 10.2 Å². The van der Waals surface area contributed by atoms with Gasteiger partial charge in [0.15, 0.2) is 0 Å². The zero-order valence-corrected chi connectivity index (χ0v) is 13.4. The van der Waals surface area contributed by atoms with E-state index in [4.69, 9.17) is 4.74 Å². The molecular weight excluding hydrogens is 254 g/mol. The van der Waals surface area contributed by atoms with Crippen LogP contribution >= 0.6 is 0 Å². The molecule has 5 nitrogen and oxygen atoms in total. The van der Waals surface area contributed by atoms with E-state index < -0.39 is 0 Å². The summed E-state index contributed by atoms with van der Waals surface area (Å²) in [7, 11) is 1.72. The molecule has 1 heterocycles. The molecular formula is C15H31N3O2. The van der Waals surface area contributed by atoms with Crippen LogP contribution in [0.25, 0.3) is 0 Å². The van der Waals surface area contributed by atoms with Gasteiger partial charge in [0, 0.05) is 39.3 Å². The second-order valence-corrected chi connectivity index (χ2v) is 5.38. The molecule has 0 aromatic heterocycles. The Bertz CT molecular complexity index is 270. The van der Waals surface area contributed by atoms with Crippen LogP contribution in [0.4, 0.5) is 0 Å². The van der Waals surface area contributed by atoms with Gasteiger partial charge in [-0.25, -0.2) is 0 Å². The molecule has 1 aliphatic rings. The molecule has 0 aromatic rings. The van der Waals surface area contributed by atoms with Gasteiger partial charge in [-0.1, -0.05) is 6.42 Å². The number of piperidine rings is 1. The Morgan fingerprint density at radius 1 is 1.35 bits per heavy atom. The molecule has 1 fully saturated rings. The van der Waals surface area contributed by atoms with E-state index in [0.717, 1.165) is 39.3 Å². The Labute approximate surface area is 123 Å². The van der Waals surface area contributed by atoms with Crippen molar-refractivity contribution in [3.63, 3.8) is 0 Å². The molecule has 0 bridgehead atoms. The number of hydrogen-bond acceptors (Lipinski definition) is 4. The number of likely N-dealkylation sites (N-methyl/N-ethyl adjacent to an activating group) is 1. The summed E-state index contributed by atoms with van der Waals surface area (Å²) in [6, 6.07) is 0.486. The Kier molecular flexibility index (Phi) is 8.82. The molecule has 0 aromatic carbocycles. The quantitative estimate of drug-likeness (QED) is 0.641. The number of carbonyl (C=O) groups excluding carboxylic acids is 1. The third-order valence-electron chi connectivity index (χ3n) is 4.07. The Hall–Kier alpha value is -0.650. The zero-order valence-electron chi connectivity index (χ0n) is 13.4. The van der Waals surface area contributed by atoms with Crippen LogP contribution in [0.2, 0.25) is 0 Å². The first-order valence-electron chi connectivity index (χ1n) is 7.94. The van der Waals surface area contributed by atoms with Gasteiger partial charge in [-0.3, -0.25) is 9.69 Å². The third kappa shape index (κ3) is 5.77. The van der Waals surface area contributed by atoms with Crippen LogP contribution in [-0.2, 0) is 9.53 Å². The molecule has 1 aliphatic heterocycles. The Balaban J connectivity index is 2.41. The first kappa shape index (κ1) is 17.4. The van der Waals surface area contributed by atoms with E-state index in [0.29, 0.717) is 12.6 Å². The lowest BCUT2D eigenvalue weighted by Gasteiger charge is -2.36. The van der Waals surface area contributed by atoms with Crippen molar-refractivity contribution in [1.82, 2.24) is 15.1 Å². The standard InChI is InChI=1S/C15H31N3O2/c1-4-17(5-2)15(19)13-18-10-7-6-8-14(18)12-16-9-11-20-3/h14,16H,4-13H2,1-3H3. The SMILES string of the molecule is CCN(CC)C(=O)CN1CCCCC1CNCCOC. The Morgan fingerprint density at radius 2 is 2.10 bits per heavy atom. The number of rotatable bonds is 9. The van der Waals surface area contributed by atoms with Crippen LogP contribution in [0.5, 0.6) is 0 Å². The van der Waals surface area contributed by atoms with Gasteiger partial charge in [-0.2, -0.15) is 0 Å². The fourth-order valence-electron chi connectivity index (χ4n) is 2.79. The normalized spacial score (nSPS) is 20.1. The van der Waals surface area contributed by atoms with Crippen LogP contribution in [0.3, 0.4) is 0 Å². The van der Waals surface area contributed by atoms with Gasteiger partial charge in [0.2, 0.25) is 5.91 Å². The predicted molar refractivity (Wildman–Crippen MR) is 81.9 cm³/mol. The first-order chi connectivity index (χ1) is 9.72. The van der Waals surface area contributed by atoms with Crippen LogP contribution in [0.1, 0.15) is 33.1 Å². The van der Waals surface area contributed by atoms with Crippen molar-refractivity contribution >= 4 is 5.91 Å². The summed E-state index contributed by atoms with van der Waals surface area (Å²) >= 11 is 0. The van der Waals surface area contributed by atoms with E-state index in [1.165, 1.54) is 19.3 Å². The summed E-state index contributed by atoms with van der Waals surface area (Å²) in [5.41, 5.74) is 0. The van der Waals surface area contributed by atoms with Gasteiger partial charge in [0.1, 0.15) is 0 Å². The van der Waals surface area contributed by atoms with E-state index >= 15 is 0 Å². The van der Waals surface area contributed by atoms with Gasteiger partial charge in [-0.05, 0) is 33.2 Å². The highest BCUT2D eigenvalue weighted by atomic mass is 16.5. The molecule has 0 spiro atoms. The van der Waals surface area contributed by atoms with Gasteiger partial charge in [-0.15, -0.1) is 0 Å². The minimum Gasteiger partial charge on any atom is -0.383 e. The number of amides is 1. The molecule has 5 heteroatoms. The van der Waals surface area contributed by atoms with Crippen molar-refractivity contribution in [3.05, 3.63) is 0 Å². The van der Waals surface area contributed by atoms with Crippen LogP contribution in [0, 0.1) is 0 Å². The second-order valence-electron chi connectivity index (χ2n) is 5.38. The summed E-state index contributed by atoms with van der Waals surface area (Å²) in [4.78, 5) is 16.5. The summed E-state index contributed by atoms with van der Waals surface area (Å²) < 4.78 is 5.05. The topological polar surface area (TPSA) is 44.8 Å². The van der Waals surface area contributed by atoms with Crippen molar-refractivity contribution in [2.75, 3.05) is 53.0 Å². The summed E-state index contributed by atoms with van der Waals surface area (Å²) in [5.74, 6) is 0.263. The lowest BCUT2D eigenvalue weighted by molar-refractivity contribution is -0.133. The molecule has 0 radical (unpaired) electrons. The lowest BCUT2D eigenvalue weighted by Crippen LogP contribution is -2.50. The maximum Gasteiger partial charge on any atom is 0.236 e. The molecule has 1 unspecified atom stereocenters. The lowest BCUT2D eigenvalue weighted by atomic mass is 10.0. The number of nitrogens with zero attached hydrogens (tertiary/aromatic N) is 2. The molecule has 1 saturated heterocycles. The average Bonchev–Trinajstić information content (AvgIpc) is 2.46. The molecule has 0 aliphatic carbocycles. The number of ether oxygens (including phenoxy) is 1. The monoisotopic (exact) mass is 285 g/mol. The second kappa shape index (κ2) is 10.1. The minimum absolute atomic E-state index is 0.263. The molecule has 1 amide bonds. The van der Waals surface area contributed by atoms with Crippen LogP contribution < -0.4 is 5.32 Å². The molecule has 1 atom stereocenters. The minimum atomic E-state index is 0.263. The number of hydrogen-bond donors (Lipinski definition) is 1. The van der Waals surface area contributed by atoms with E-state index in [1.807, 2.05) is 18.7 Å². The zero-order chi connectivity index (χ0) is 14.8. The third-order valence-corrected chi connectivity index (χ3v) is 4.07.